The van der Waals surface area contributed by atoms with Gasteiger partial charge in [-0.3, -0.25) is 14.4 Å². The molecular weight excluding hydrogens is 258 g/mol. The molecule has 1 heterocycles. The van der Waals surface area contributed by atoms with E-state index in [1.165, 1.54) is 11.3 Å². The zero-order valence-electron chi connectivity index (χ0n) is 9.54. The molecule has 1 rings (SSSR count). The topological polar surface area (TPSA) is 94.9 Å². The fraction of sp³-hybridized carbons (Fsp3) is 0.364. The number of carboxylic acids is 2. The molecule has 2 N–H and O–H groups in total. The van der Waals surface area contributed by atoms with E-state index in [0.717, 1.165) is 9.78 Å². The number of thiophene rings is 1. The van der Waals surface area contributed by atoms with Crippen molar-refractivity contribution in [2.24, 2.45) is 0 Å². The zero-order chi connectivity index (χ0) is 13.5. The molecule has 0 unspecified atom stereocenters. The number of nitrogens with zero attached hydrogens (tertiary/aromatic N) is 1. The van der Waals surface area contributed by atoms with Gasteiger partial charge < -0.3 is 15.1 Å². The van der Waals surface area contributed by atoms with Gasteiger partial charge in [0.1, 0.15) is 13.1 Å². The van der Waals surface area contributed by atoms with Gasteiger partial charge in [-0.1, -0.05) is 6.07 Å². The number of amides is 1. The van der Waals surface area contributed by atoms with Crippen LogP contribution in [0, 0.1) is 0 Å². The summed E-state index contributed by atoms with van der Waals surface area (Å²) in [6, 6.07) is 3.73. The Labute approximate surface area is 107 Å². The molecule has 0 spiro atoms. The van der Waals surface area contributed by atoms with Gasteiger partial charge in [-0.15, -0.1) is 11.3 Å². The smallest absolute Gasteiger partial charge is 0.323 e. The third-order valence-electron chi connectivity index (χ3n) is 2.17. The summed E-state index contributed by atoms with van der Waals surface area (Å²) in [5.74, 6) is -2.91. The van der Waals surface area contributed by atoms with E-state index in [2.05, 4.69) is 0 Å². The molecule has 0 aliphatic carbocycles. The third kappa shape index (κ3) is 4.96. The summed E-state index contributed by atoms with van der Waals surface area (Å²) in [5, 5.41) is 19.1. The molecule has 18 heavy (non-hydrogen) atoms. The zero-order valence-corrected chi connectivity index (χ0v) is 10.4. The highest BCUT2D eigenvalue weighted by Gasteiger charge is 2.19. The minimum Gasteiger partial charge on any atom is -0.480 e. The average Bonchev–Trinajstić information content (AvgIpc) is 2.76. The Balaban J connectivity index is 2.52. The van der Waals surface area contributed by atoms with Crippen molar-refractivity contribution in [3.63, 3.8) is 0 Å². The molecule has 0 aromatic carbocycles. The Morgan fingerprint density at radius 1 is 1.17 bits per heavy atom. The van der Waals surface area contributed by atoms with Crippen LogP contribution in [0.1, 0.15) is 11.3 Å². The van der Waals surface area contributed by atoms with Crippen molar-refractivity contribution in [3.05, 3.63) is 22.4 Å². The van der Waals surface area contributed by atoms with E-state index in [1.807, 2.05) is 17.5 Å². The monoisotopic (exact) mass is 271 g/mol. The normalized spacial score (nSPS) is 10.0. The van der Waals surface area contributed by atoms with Crippen molar-refractivity contribution in [1.29, 1.82) is 0 Å². The number of hydrogen-bond donors (Lipinski definition) is 2. The van der Waals surface area contributed by atoms with Gasteiger partial charge in [-0.2, -0.15) is 0 Å². The quantitative estimate of drug-likeness (QED) is 0.760. The van der Waals surface area contributed by atoms with Gasteiger partial charge in [0, 0.05) is 11.3 Å². The van der Waals surface area contributed by atoms with Gasteiger partial charge in [-0.05, 0) is 17.9 Å². The number of hydrogen-bond acceptors (Lipinski definition) is 4. The van der Waals surface area contributed by atoms with E-state index in [4.69, 9.17) is 10.2 Å². The van der Waals surface area contributed by atoms with Crippen LogP contribution in [-0.2, 0) is 20.8 Å². The van der Waals surface area contributed by atoms with Gasteiger partial charge in [0.05, 0.1) is 0 Å². The lowest BCUT2D eigenvalue weighted by Crippen LogP contribution is -2.39. The number of carbonyl (C=O) groups is 3. The largest absolute Gasteiger partial charge is 0.480 e. The number of aliphatic carboxylic acids is 2. The van der Waals surface area contributed by atoms with Gasteiger partial charge >= 0.3 is 11.9 Å². The van der Waals surface area contributed by atoms with Crippen LogP contribution in [0.2, 0.25) is 0 Å². The van der Waals surface area contributed by atoms with Crippen LogP contribution in [0.3, 0.4) is 0 Å². The van der Waals surface area contributed by atoms with Crippen molar-refractivity contribution >= 4 is 29.2 Å². The van der Waals surface area contributed by atoms with E-state index in [1.54, 1.807) is 0 Å². The SMILES string of the molecule is O=C(O)CN(CC(=O)O)C(=O)CCc1cccs1. The first kappa shape index (κ1) is 14.2. The van der Waals surface area contributed by atoms with E-state index in [0.29, 0.717) is 6.42 Å². The molecule has 0 atom stereocenters. The lowest BCUT2D eigenvalue weighted by Gasteiger charge is -2.18. The van der Waals surface area contributed by atoms with E-state index >= 15 is 0 Å². The van der Waals surface area contributed by atoms with Crippen molar-refractivity contribution in [2.75, 3.05) is 13.1 Å². The standard InChI is InChI=1S/C11H13NO5S/c13-9(4-3-8-2-1-5-18-8)12(6-10(14)15)7-11(16)17/h1-2,5H,3-4,6-7H2,(H,14,15)(H,16,17). The van der Waals surface area contributed by atoms with Crippen LogP contribution in [0.15, 0.2) is 17.5 Å². The van der Waals surface area contributed by atoms with Crippen molar-refractivity contribution in [2.45, 2.75) is 12.8 Å². The van der Waals surface area contributed by atoms with Gasteiger partial charge in [-0.25, -0.2) is 0 Å². The van der Waals surface area contributed by atoms with E-state index < -0.39 is 30.9 Å². The second-order valence-electron chi connectivity index (χ2n) is 3.62. The highest BCUT2D eigenvalue weighted by Crippen LogP contribution is 2.11. The van der Waals surface area contributed by atoms with Gasteiger partial charge in [0.2, 0.25) is 5.91 Å². The second kappa shape index (κ2) is 6.75. The minimum absolute atomic E-state index is 0.112. The maximum Gasteiger partial charge on any atom is 0.323 e. The highest BCUT2D eigenvalue weighted by atomic mass is 32.1. The Hall–Kier alpha value is -1.89. The molecule has 1 amide bonds. The molecule has 0 bridgehead atoms. The van der Waals surface area contributed by atoms with Crippen LogP contribution in [0.5, 0.6) is 0 Å². The maximum atomic E-state index is 11.7. The fourth-order valence-corrected chi connectivity index (χ4v) is 2.11. The molecule has 1 aromatic heterocycles. The summed E-state index contributed by atoms with van der Waals surface area (Å²) < 4.78 is 0. The molecule has 98 valence electrons. The van der Waals surface area contributed by atoms with Gasteiger partial charge in [0.25, 0.3) is 0 Å². The van der Waals surface area contributed by atoms with E-state index in [-0.39, 0.29) is 6.42 Å². The van der Waals surface area contributed by atoms with Gasteiger partial charge in [0.15, 0.2) is 0 Å². The molecule has 7 heteroatoms. The average molecular weight is 271 g/mol. The molecule has 6 nitrogen and oxygen atoms in total. The molecular formula is C11H13NO5S. The molecule has 0 fully saturated rings. The maximum absolute atomic E-state index is 11.7. The van der Waals surface area contributed by atoms with Crippen LogP contribution in [0.4, 0.5) is 0 Å². The molecule has 1 aromatic rings. The number of carboxylic acid groups (broad SMARTS) is 2. The predicted molar refractivity (Wildman–Crippen MR) is 64.5 cm³/mol. The summed E-state index contributed by atoms with van der Waals surface area (Å²) in [6.07, 6.45) is 0.604. The van der Waals surface area contributed by atoms with Crippen LogP contribution < -0.4 is 0 Å². The second-order valence-corrected chi connectivity index (χ2v) is 4.65. The summed E-state index contributed by atoms with van der Waals surface area (Å²) in [4.78, 5) is 34.6. The number of carbonyl (C=O) groups excluding carboxylic acids is 1. The lowest BCUT2D eigenvalue weighted by atomic mass is 10.2. The van der Waals surface area contributed by atoms with Crippen LogP contribution in [0.25, 0.3) is 0 Å². The van der Waals surface area contributed by atoms with E-state index in [9.17, 15) is 14.4 Å². The molecule has 0 radical (unpaired) electrons. The first-order valence-electron chi connectivity index (χ1n) is 5.23. The van der Waals surface area contributed by atoms with Crippen LogP contribution >= 0.6 is 11.3 Å². The Morgan fingerprint density at radius 3 is 2.22 bits per heavy atom. The Morgan fingerprint density at radius 2 is 1.78 bits per heavy atom. The Kier molecular flexibility index (Phi) is 5.31. The summed E-state index contributed by atoms with van der Waals surface area (Å²) in [5.41, 5.74) is 0. The molecule has 0 saturated heterocycles. The number of aryl methyl sites for hydroxylation is 1. The summed E-state index contributed by atoms with van der Waals surface area (Å²) in [6.45, 7) is -1.18. The minimum atomic E-state index is -1.22. The lowest BCUT2D eigenvalue weighted by molar-refractivity contribution is -0.149. The molecule has 0 aliphatic rings. The third-order valence-corrected chi connectivity index (χ3v) is 3.11. The van der Waals surface area contributed by atoms with Crippen molar-refractivity contribution in [3.8, 4) is 0 Å². The molecule has 0 aliphatic heterocycles. The first-order valence-corrected chi connectivity index (χ1v) is 6.10. The summed E-state index contributed by atoms with van der Waals surface area (Å²) >= 11 is 1.50. The highest BCUT2D eigenvalue weighted by molar-refractivity contribution is 7.09. The number of rotatable bonds is 7. The summed E-state index contributed by atoms with van der Waals surface area (Å²) in [7, 11) is 0. The van der Waals surface area contributed by atoms with Crippen LogP contribution in [-0.4, -0.2) is 46.0 Å². The fourth-order valence-electron chi connectivity index (χ4n) is 1.40. The first-order chi connectivity index (χ1) is 8.49. The molecule has 0 saturated carbocycles. The van der Waals surface area contributed by atoms with Crippen molar-refractivity contribution < 1.29 is 24.6 Å². The Bertz CT molecular complexity index is 413. The predicted octanol–water partition coefficient (Wildman–Crippen LogP) is 0.679. The van der Waals surface area contributed by atoms with Crippen molar-refractivity contribution in [1.82, 2.24) is 4.90 Å².